The molecule has 1 aromatic heterocycles. The van der Waals surface area contributed by atoms with Crippen LogP contribution in [-0.4, -0.2) is 17.6 Å². The number of esters is 1. The first-order chi connectivity index (χ1) is 9.98. The van der Waals surface area contributed by atoms with Gasteiger partial charge < -0.3 is 4.74 Å². The van der Waals surface area contributed by atoms with Gasteiger partial charge >= 0.3 is 5.97 Å². The highest BCUT2D eigenvalue weighted by atomic mass is 32.1. The fraction of sp³-hybridized carbons (Fsp3) is 0.765. The molecule has 1 heterocycles. The summed E-state index contributed by atoms with van der Waals surface area (Å²) >= 11 is 1.71. The Morgan fingerprint density at radius 2 is 2.19 bits per heavy atom. The van der Waals surface area contributed by atoms with Crippen LogP contribution in [0.25, 0.3) is 0 Å². The molecule has 1 aliphatic rings. The number of hydrogen-bond acceptors (Lipinski definition) is 4. The van der Waals surface area contributed by atoms with Gasteiger partial charge in [0, 0.05) is 11.3 Å². The first kappa shape index (κ1) is 16.5. The van der Waals surface area contributed by atoms with Gasteiger partial charge in [-0.15, -0.1) is 11.3 Å². The Morgan fingerprint density at radius 3 is 2.86 bits per heavy atom. The minimum atomic E-state index is -0.649. The molecule has 1 saturated carbocycles. The van der Waals surface area contributed by atoms with Crippen LogP contribution in [0.5, 0.6) is 0 Å². The number of hydrogen-bond donors (Lipinski definition) is 0. The summed E-state index contributed by atoms with van der Waals surface area (Å²) in [5, 5.41) is 3.25. The average Bonchev–Trinajstić information content (AvgIpc) is 2.98. The molecule has 118 valence electrons. The van der Waals surface area contributed by atoms with Crippen molar-refractivity contribution in [3.63, 3.8) is 0 Å². The Hall–Kier alpha value is -0.900. The number of rotatable bonds is 5. The van der Waals surface area contributed by atoms with Crippen LogP contribution in [0.3, 0.4) is 0 Å². The molecule has 1 aliphatic carbocycles. The second kappa shape index (κ2) is 6.91. The lowest BCUT2D eigenvalue weighted by Crippen LogP contribution is -2.31. The first-order valence-electron chi connectivity index (χ1n) is 8.12. The molecule has 0 aromatic carbocycles. The molecule has 21 heavy (non-hydrogen) atoms. The number of nitrogens with zero attached hydrogens (tertiary/aromatic N) is 1. The largest absolute Gasteiger partial charge is 0.465 e. The minimum absolute atomic E-state index is 0.183. The second-order valence-electron chi connectivity index (χ2n) is 6.55. The zero-order chi connectivity index (χ0) is 15.5. The van der Waals surface area contributed by atoms with Crippen LogP contribution in [-0.2, 0) is 14.9 Å². The molecule has 0 spiro atoms. The third-order valence-corrected chi connectivity index (χ3v) is 5.66. The maximum Gasteiger partial charge on any atom is 0.317 e. The molecule has 0 amide bonds. The molecule has 0 bridgehead atoms. The average molecular weight is 309 g/mol. The fourth-order valence-corrected chi connectivity index (χ4v) is 4.20. The van der Waals surface area contributed by atoms with Crippen molar-refractivity contribution < 1.29 is 9.53 Å². The van der Waals surface area contributed by atoms with Gasteiger partial charge in [0.2, 0.25) is 0 Å². The smallest absolute Gasteiger partial charge is 0.317 e. The van der Waals surface area contributed by atoms with Crippen LogP contribution in [0.4, 0.5) is 0 Å². The zero-order valence-electron chi connectivity index (χ0n) is 13.6. The third-order valence-electron chi connectivity index (χ3n) is 4.66. The van der Waals surface area contributed by atoms with Crippen molar-refractivity contribution in [1.82, 2.24) is 4.98 Å². The van der Waals surface area contributed by atoms with E-state index in [9.17, 15) is 4.79 Å². The summed E-state index contributed by atoms with van der Waals surface area (Å²) in [6.45, 7) is 8.34. The van der Waals surface area contributed by atoms with Gasteiger partial charge in [-0.3, -0.25) is 4.79 Å². The van der Waals surface area contributed by atoms with Crippen LogP contribution in [0.15, 0.2) is 5.38 Å². The van der Waals surface area contributed by atoms with E-state index in [1.165, 1.54) is 37.1 Å². The van der Waals surface area contributed by atoms with E-state index < -0.39 is 5.41 Å². The highest BCUT2D eigenvalue weighted by Crippen LogP contribution is 2.39. The van der Waals surface area contributed by atoms with Gasteiger partial charge in [-0.05, 0) is 39.5 Å². The maximum absolute atomic E-state index is 12.1. The number of ether oxygens (including phenoxy) is 1. The monoisotopic (exact) mass is 309 g/mol. The summed E-state index contributed by atoms with van der Waals surface area (Å²) < 4.78 is 5.18. The Morgan fingerprint density at radius 1 is 1.43 bits per heavy atom. The van der Waals surface area contributed by atoms with Crippen LogP contribution in [0, 0.1) is 5.92 Å². The second-order valence-corrected chi connectivity index (χ2v) is 7.44. The van der Waals surface area contributed by atoms with E-state index in [1.54, 1.807) is 11.3 Å². The summed E-state index contributed by atoms with van der Waals surface area (Å²) in [6, 6.07) is 0. The topological polar surface area (TPSA) is 39.2 Å². The summed E-state index contributed by atoms with van der Waals surface area (Å²) in [5.74, 6) is 1.24. The van der Waals surface area contributed by atoms with Crippen LogP contribution < -0.4 is 0 Å². The standard InChI is InChI=1S/C17H27NO2S/c1-5-12-8-7-9-13(10-12)15-18-14(11-21-15)17(3,4)16(19)20-6-2/h11-13H,5-10H2,1-4H3. The molecule has 1 fully saturated rings. The highest BCUT2D eigenvalue weighted by Gasteiger charge is 2.35. The summed E-state index contributed by atoms with van der Waals surface area (Å²) in [5.41, 5.74) is 0.211. The van der Waals surface area contributed by atoms with Gasteiger partial charge in [0.1, 0.15) is 5.41 Å². The Kier molecular flexibility index (Phi) is 5.42. The van der Waals surface area contributed by atoms with Gasteiger partial charge in [-0.25, -0.2) is 4.98 Å². The van der Waals surface area contributed by atoms with Gasteiger partial charge in [0.25, 0.3) is 0 Å². The first-order valence-corrected chi connectivity index (χ1v) is 9.00. The Bertz CT molecular complexity index is 481. The Labute approximate surface area is 132 Å². The quantitative estimate of drug-likeness (QED) is 0.742. The summed E-state index contributed by atoms with van der Waals surface area (Å²) in [4.78, 5) is 16.9. The lowest BCUT2D eigenvalue weighted by Gasteiger charge is -2.27. The van der Waals surface area contributed by atoms with Gasteiger partial charge in [-0.1, -0.05) is 26.2 Å². The molecular formula is C17H27NO2S. The predicted octanol–water partition coefficient (Wildman–Crippen LogP) is 4.67. The fourth-order valence-electron chi connectivity index (χ4n) is 3.06. The lowest BCUT2D eigenvalue weighted by molar-refractivity contribution is -0.148. The molecule has 2 unspecified atom stereocenters. The third kappa shape index (κ3) is 3.65. The number of thiazole rings is 1. The van der Waals surface area contributed by atoms with Crippen LogP contribution in [0.2, 0.25) is 0 Å². The molecule has 0 radical (unpaired) electrons. The molecule has 0 N–H and O–H groups in total. The summed E-state index contributed by atoms with van der Waals surface area (Å²) in [7, 11) is 0. The van der Waals surface area contributed by atoms with E-state index in [2.05, 4.69) is 6.92 Å². The SMILES string of the molecule is CCOC(=O)C(C)(C)c1csc(C2CCCC(CC)C2)n1. The van der Waals surface area contributed by atoms with E-state index in [1.807, 2.05) is 26.2 Å². The molecule has 3 nitrogen and oxygen atoms in total. The predicted molar refractivity (Wildman–Crippen MR) is 86.8 cm³/mol. The van der Waals surface area contributed by atoms with Crippen LogP contribution in [0.1, 0.15) is 76.4 Å². The molecule has 2 atom stereocenters. The minimum Gasteiger partial charge on any atom is -0.465 e. The number of aromatic nitrogens is 1. The van der Waals surface area contributed by atoms with Crippen molar-refractivity contribution in [2.45, 2.75) is 71.1 Å². The van der Waals surface area contributed by atoms with Crippen molar-refractivity contribution in [2.24, 2.45) is 5.92 Å². The van der Waals surface area contributed by atoms with Crippen LogP contribution >= 0.6 is 11.3 Å². The molecule has 2 rings (SSSR count). The maximum atomic E-state index is 12.1. The normalized spacial score (nSPS) is 23.0. The molecule has 0 saturated heterocycles. The van der Waals surface area contributed by atoms with E-state index in [4.69, 9.17) is 9.72 Å². The van der Waals surface area contributed by atoms with E-state index in [-0.39, 0.29) is 5.97 Å². The van der Waals surface area contributed by atoms with Crippen molar-refractivity contribution in [1.29, 1.82) is 0 Å². The molecule has 0 aliphatic heterocycles. The Balaban J connectivity index is 2.12. The van der Waals surface area contributed by atoms with Crippen molar-refractivity contribution >= 4 is 17.3 Å². The van der Waals surface area contributed by atoms with E-state index in [0.29, 0.717) is 12.5 Å². The zero-order valence-corrected chi connectivity index (χ0v) is 14.5. The van der Waals surface area contributed by atoms with Crippen molar-refractivity contribution in [3.8, 4) is 0 Å². The molecule has 4 heteroatoms. The lowest BCUT2D eigenvalue weighted by atomic mass is 9.80. The van der Waals surface area contributed by atoms with Gasteiger partial charge in [0.05, 0.1) is 17.3 Å². The molecular weight excluding hydrogens is 282 g/mol. The van der Waals surface area contributed by atoms with E-state index in [0.717, 1.165) is 11.6 Å². The van der Waals surface area contributed by atoms with E-state index >= 15 is 0 Å². The number of carbonyl (C=O) groups is 1. The van der Waals surface area contributed by atoms with Gasteiger partial charge in [0.15, 0.2) is 0 Å². The number of carbonyl (C=O) groups excluding carboxylic acids is 1. The molecule has 1 aromatic rings. The van der Waals surface area contributed by atoms with Crippen molar-refractivity contribution in [3.05, 3.63) is 16.1 Å². The van der Waals surface area contributed by atoms with Gasteiger partial charge in [-0.2, -0.15) is 0 Å². The van der Waals surface area contributed by atoms with Crippen molar-refractivity contribution in [2.75, 3.05) is 6.61 Å². The highest BCUT2D eigenvalue weighted by molar-refractivity contribution is 7.09. The summed E-state index contributed by atoms with van der Waals surface area (Å²) in [6.07, 6.45) is 6.43.